The molecule has 1 saturated heterocycles. The number of rotatable bonds is 11. The molecule has 0 N–H and O–H groups in total. The van der Waals surface area contributed by atoms with Crippen molar-refractivity contribution >= 4 is 11.9 Å². The first-order valence-electron chi connectivity index (χ1n) is 8.13. The molecule has 1 fully saturated rings. The first-order chi connectivity index (χ1) is 12.0. The molecule has 9 heteroatoms. The van der Waals surface area contributed by atoms with Gasteiger partial charge >= 0.3 is 5.97 Å². The molecular weight excluding hydrogens is 334 g/mol. The molecule has 0 spiro atoms. The van der Waals surface area contributed by atoms with E-state index in [0.29, 0.717) is 26.4 Å². The maximum atomic E-state index is 12.3. The van der Waals surface area contributed by atoms with Crippen LogP contribution in [0, 0.1) is 0 Å². The molecule has 0 aromatic carbocycles. The molecule has 0 unspecified atom stereocenters. The highest BCUT2D eigenvalue weighted by atomic mass is 17.2. The van der Waals surface area contributed by atoms with Crippen LogP contribution < -0.4 is 0 Å². The number of fused-ring (bicyclic) bond motifs is 2. The average Bonchev–Trinajstić information content (AvgIpc) is 2.57. The zero-order valence-corrected chi connectivity index (χ0v) is 14.8. The molecule has 9 nitrogen and oxygen atoms in total. The third-order valence-electron chi connectivity index (χ3n) is 3.77. The van der Waals surface area contributed by atoms with Crippen molar-refractivity contribution in [2.24, 2.45) is 0 Å². The lowest BCUT2D eigenvalue weighted by molar-refractivity contribution is -0.403. The monoisotopic (exact) mass is 359 g/mol. The molecule has 3 heterocycles. The molecule has 3 aliphatic heterocycles. The molecular formula is C16H25NO8. The van der Waals surface area contributed by atoms with E-state index in [1.807, 2.05) is 6.92 Å². The van der Waals surface area contributed by atoms with Crippen molar-refractivity contribution in [3.63, 3.8) is 0 Å². The Morgan fingerprint density at radius 1 is 1.20 bits per heavy atom. The molecule has 0 radical (unpaired) electrons. The number of carbonyl (C=O) groups is 2. The van der Waals surface area contributed by atoms with E-state index in [-0.39, 0.29) is 25.7 Å². The van der Waals surface area contributed by atoms with Crippen LogP contribution in [0.5, 0.6) is 0 Å². The van der Waals surface area contributed by atoms with Gasteiger partial charge in [-0.15, -0.1) is 0 Å². The van der Waals surface area contributed by atoms with Gasteiger partial charge in [0.15, 0.2) is 11.8 Å². The summed E-state index contributed by atoms with van der Waals surface area (Å²) in [6.45, 7) is 5.47. The van der Waals surface area contributed by atoms with E-state index in [1.165, 1.54) is 4.90 Å². The molecule has 0 aromatic heterocycles. The summed E-state index contributed by atoms with van der Waals surface area (Å²) in [5.41, 5.74) is -0.372. The van der Waals surface area contributed by atoms with E-state index in [9.17, 15) is 9.59 Å². The van der Waals surface area contributed by atoms with Crippen LogP contribution in [-0.4, -0.2) is 81.9 Å². The topological polar surface area (TPSA) is 92.8 Å². The number of amides is 1. The van der Waals surface area contributed by atoms with Gasteiger partial charge in [-0.05, 0) is 25.5 Å². The Morgan fingerprint density at radius 2 is 1.84 bits per heavy atom. The zero-order chi connectivity index (χ0) is 18.3. The van der Waals surface area contributed by atoms with Crippen LogP contribution in [0.25, 0.3) is 0 Å². The molecule has 25 heavy (non-hydrogen) atoms. The third kappa shape index (κ3) is 5.23. The van der Waals surface area contributed by atoms with Crippen LogP contribution in [0.15, 0.2) is 11.6 Å². The largest absolute Gasteiger partial charge is 0.462 e. The third-order valence-corrected chi connectivity index (χ3v) is 3.77. The van der Waals surface area contributed by atoms with Crippen LogP contribution in [0.2, 0.25) is 0 Å². The molecule has 2 atom stereocenters. The van der Waals surface area contributed by atoms with Crippen LogP contribution in [0.4, 0.5) is 0 Å². The normalized spacial score (nSPS) is 25.2. The quantitative estimate of drug-likeness (QED) is 0.221. The minimum absolute atomic E-state index is 0.104. The summed E-state index contributed by atoms with van der Waals surface area (Å²) in [4.78, 5) is 35.8. The summed E-state index contributed by atoms with van der Waals surface area (Å²) in [7, 11) is 1.61. The van der Waals surface area contributed by atoms with Crippen LogP contribution in [-0.2, 0) is 38.3 Å². The Hall–Kier alpha value is -1.52. The molecule has 3 rings (SSSR count). The maximum absolute atomic E-state index is 12.3. The van der Waals surface area contributed by atoms with Crippen LogP contribution in [0.3, 0.4) is 0 Å². The fourth-order valence-electron chi connectivity index (χ4n) is 2.56. The molecule has 3 aliphatic rings. The number of nitrogens with zero attached hydrogens (tertiary/aromatic N) is 1. The van der Waals surface area contributed by atoms with Gasteiger partial charge in [-0.25, -0.2) is 9.78 Å². The predicted octanol–water partition coefficient (Wildman–Crippen LogP) is 0.0443. The fourth-order valence-corrected chi connectivity index (χ4v) is 2.56. The van der Waals surface area contributed by atoms with Gasteiger partial charge in [0.1, 0.15) is 13.2 Å². The second kappa shape index (κ2) is 9.25. The van der Waals surface area contributed by atoms with Crippen molar-refractivity contribution in [1.29, 1.82) is 0 Å². The van der Waals surface area contributed by atoms with E-state index >= 15 is 0 Å². The van der Waals surface area contributed by atoms with Crippen molar-refractivity contribution in [2.75, 3.05) is 53.3 Å². The molecule has 0 saturated carbocycles. The van der Waals surface area contributed by atoms with Gasteiger partial charge in [-0.3, -0.25) is 14.5 Å². The highest BCUT2D eigenvalue weighted by molar-refractivity contribution is 5.92. The van der Waals surface area contributed by atoms with Gasteiger partial charge in [-0.1, -0.05) is 0 Å². The van der Waals surface area contributed by atoms with E-state index in [1.54, 1.807) is 20.1 Å². The van der Waals surface area contributed by atoms with Crippen LogP contribution in [0.1, 0.15) is 13.8 Å². The smallest absolute Gasteiger partial charge is 0.325 e. The minimum atomic E-state index is -1.19. The van der Waals surface area contributed by atoms with E-state index < -0.39 is 17.8 Å². The van der Waals surface area contributed by atoms with E-state index in [2.05, 4.69) is 0 Å². The Labute approximate surface area is 146 Å². The number of hydrogen-bond acceptors (Lipinski definition) is 8. The standard InChI is InChI=1S/C16H25NO8/c1-12-10-16(2)15(19)17(14(12)24-25-16)11-13(18)23-9-8-22-7-6-21-5-4-20-3/h10,14H,4-9,11H2,1-3H3/t14-,16+/m0/s1. The second-order valence-electron chi connectivity index (χ2n) is 5.90. The average molecular weight is 359 g/mol. The van der Waals surface area contributed by atoms with Gasteiger partial charge in [0.2, 0.25) is 0 Å². The number of methoxy groups -OCH3 is 1. The zero-order valence-electron chi connectivity index (χ0n) is 14.8. The van der Waals surface area contributed by atoms with Gasteiger partial charge in [0, 0.05) is 7.11 Å². The lowest BCUT2D eigenvalue weighted by atomic mass is 9.94. The number of hydrogen-bond donors (Lipinski definition) is 0. The van der Waals surface area contributed by atoms with Crippen LogP contribution >= 0.6 is 0 Å². The van der Waals surface area contributed by atoms with Gasteiger partial charge < -0.3 is 18.9 Å². The number of esters is 1. The predicted molar refractivity (Wildman–Crippen MR) is 84.3 cm³/mol. The fraction of sp³-hybridized carbons (Fsp3) is 0.750. The second-order valence-corrected chi connectivity index (χ2v) is 5.90. The highest BCUT2D eigenvalue weighted by Crippen LogP contribution is 2.35. The molecule has 1 amide bonds. The van der Waals surface area contributed by atoms with Crippen molar-refractivity contribution in [1.82, 2.24) is 4.90 Å². The van der Waals surface area contributed by atoms with Gasteiger partial charge in [0.25, 0.3) is 5.91 Å². The lowest BCUT2D eigenvalue weighted by Crippen LogP contribution is -2.63. The van der Waals surface area contributed by atoms with Crippen molar-refractivity contribution in [3.8, 4) is 0 Å². The number of carbonyl (C=O) groups excluding carboxylic acids is 2. The van der Waals surface area contributed by atoms with Crippen molar-refractivity contribution in [2.45, 2.75) is 25.7 Å². The van der Waals surface area contributed by atoms with Gasteiger partial charge in [0.05, 0.1) is 33.0 Å². The Kier molecular flexibility index (Phi) is 7.33. The maximum Gasteiger partial charge on any atom is 0.325 e. The first-order valence-corrected chi connectivity index (χ1v) is 8.13. The SMILES string of the molecule is COCCOCCOCCOC(=O)CN1C(=O)[C@@]2(C)C=C(C)[C@@H]1OO2. The molecule has 0 aliphatic carbocycles. The Bertz CT molecular complexity index is 508. The summed E-state index contributed by atoms with van der Waals surface area (Å²) in [6, 6.07) is 0. The van der Waals surface area contributed by atoms with Gasteiger partial charge in [-0.2, -0.15) is 0 Å². The Morgan fingerprint density at radius 3 is 2.48 bits per heavy atom. The molecule has 142 valence electrons. The highest BCUT2D eigenvalue weighted by Gasteiger charge is 2.51. The van der Waals surface area contributed by atoms with E-state index in [4.69, 9.17) is 28.7 Å². The van der Waals surface area contributed by atoms with E-state index in [0.717, 1.165) is 5.57 Å². The molecule has 0 aromatic rings. The number of ether oxygens (including phenoxy) is 4. The summed E-state index contributed by atoms with van der Waals surface area (Å²) < 4.78 is 20.4. The minimum Gasteiger partial charge on any atom is -0.462 e. The molecule has 2 bridgehead atoms. The lowest BCUT2D eigenvalue weighted by Gasteiger charge is -2.45. The summed E-state index contributed by atoms with van der Waals surface area (Å²) in [6.07, 6.45) is 1.01. The summed E-state index contributed by atoms with van der Waals surface area (Å²) in [5, 5.41) is 0. The Balaban J connectivity index is 1.61. The summed E-state index contributed by atoms with van der Waals surface area (Å²) in [5.74, 6) is -0.850. The summed E-state index contributed by atoms with van der Waals surface area (Å²) >= 11 is 0. The van der Waals surface area contributed by atoms with Crippen molar-refractivity contribution in [3.05, 3.63) is 11.6 Å². The first kappa shape index (κ1) is 19.8. The van der Waals surface area contributed by atoms with Crippen molar-refractivity contribution < 1.29 is 38.3 Å².